The van der Waals surface area contributed by atoms with Gasteiger partial charge >= 0.3 is 0 Å². The van der Waals surface area contributed by atoms with Gasteiger partial charge in [-0.05, 0) is 50.4 Å². The van der Waals surface area contributed by atoms with E-state index in [0.717, 1.165) is 31.1 Å². The van der Waals surface area contributed by atoms with E-state index in [9.17, 15) is 4.79 Å². The highest BCUT2D eigenvalue weighted by Gasteiger charge is 2.30. The van der Waals surface area contributed by atoms with Crippen molar-refractivity contribution in [1.82, 2.24) is 5.32 Å². The van der Waals surface area contributed by atoms with Gasteiger partial charge in [-0.3, -0.25) is 4.79 Å². The van der Waals surface area contributed by atoms with Crippen LogP contribution in [-0.2, 0) is 4.79 Å². The first-order valence-electron chi connectivity index (χ1n) is 7.61. The van der Waals surface area contributed by atoms with Gasteiger partial charge in [0.15, 0.2) is 0 Å². The molecule has 0 aromatic heterocycles. The molecule has 0 radical (unpaired) electrons. The number of carbonyl (C=O) groups excluding carboxylic acids is 1. The Labute approximate surface area is 111 Å². The third-order valence-electron chi connectivity index (χ3n) is 5.15. The van der Waals surface area contributed by atoms with Crippen molar-refractivity contribution in [1.29, 1.82) is 0 Å². The number of carbonyl (C=O) groups is 1. The van der Waals surface area contributed by atoms with E-state index in [1.807, 2.05) is 0 Å². The summed E-state index contributed by atoms with van der Waals surface area (Å²) >= 11 is 0. The minimum absolute atomic E-state index is 0.105. The molecule has 3 nitrogen and oxygen atoms in total. The topological polar surface area (TPSA) is 55.1 Å². The molecule has 2 aliphatic carbocycles. The molecule has 0 spiro atoms. The van der Waals surface area contributed by atoms with Crippen LogP contribution in [0.5, 0.6) is 0 Å². The van der Waals surface area contributed by atoms with Crippen LogP contribution in [0.15, 0.2) is 0 Å². The van der Waals surface area contributed by atoms with E-state index in [4.69, 9.17) is 5.73 Å². The van der Waals surface area contributed by atoms with Crippen LogP contribution in [0.2, 0.25) is 0 Å². The summed E-state index contributed by atoms with van der Waals surface area (Å²) in [5.41, 5.74) is 5.44. The summed E-state index contributed by atoms with van der Waals surface area (Å²) in [5.74, 6) is 1.70. The molecule has 18 heavy (non-hydrogen) atoms. The van der Waals surface area contributed by atoms with Crippen LogP contribution >= 0.6 is 0 Å². The van der Waals surface area contributed by atoms with Crippen molar-refractivity contribution in [2.75, 3.05) is 0 Å². The zero-order chi connectivity index (χ0) is 13.1. The lowest BCUT2D eigenvalue weighted by atomic mass is 9.78. The number of primary amides is 1. The van der Waals surface area contributed by atoms with Gasteiger partial charge < -0.3 is 11.1 Å². The zero-order valence-corrected chi connectivity index (χ0v) is 11.8. The highest BCUT2D eigenvalue weighted by molar-refractivity contribution is 5.76. The van der Waals surface area contributed by atoms with Gasteiger partial charge in [-0.1, -0.05) is 20.3 Å². The molecule has 3 heteroatoms. The molecule has 2 rings (SSSR count). The van der Waals surface area contributed by atoms with Crippen LogP contribution in [0.25, 0.3) is 0 Å². The van der Waals surface area contributed by atoms with Crippen molar-refractivity contribution in [3.05, 3.63) is 0 Å². The van der Waals surface area contributed by atoms with Gasteiger partial charge in [-0.15, -0.1) is 0 Å². The number of hydrogen-bond acceptors (Lipinski definition) is 2. The molecule has 0 aliphatic heterocycles. The zero-order valence-electron chi connectivity index (χ0n) is 11.8. The summed E-state index contributed by atoms with van der Waals surface area (Å²) in [6.07, 6.45) is 8.22. The van der Waals surface area contributed by atoms with Gasteiger partial charge in [-0.2, -0.15) is 0 Å². The van der Waals surface area contributed by atoms with Crippen LogP contribution in [0.1, 0.15) is 58.8 Å². The quantitative estimate of drug-likeness (QED) is 0.810. The first-order chi connectivity index (χ1) is 8.56. The normalized spacial score (nSPS) is 41.6. The fraction of sp³-hybridized carbons (Fsp3) is 0.933. The highest BCUT2D eigenvalue weighted by atomic mass is 16.1. The fourth-order valence-electron chi connectivity index (χ4n) is 3.63. The van der Waals surface area contributed by atoms with E-state index in [2.05, 4.69) is 19.2 Å². The molecule has 104 valence electrons. The standard InChI is InChI=1S/C15H28N2O/c1-10-6-7-14(8-11(10)2)17-13-5-3-4-12(9-13)15(16)18/h10-14,17H,3-9H2,1-2H3,(H2,16,18)/t10-,11-,12-,13-,14+/m1/s1. The summed E-state index contributed by atoms with van der Waals surface area (Å²) in [6.45, 7) is 4.73. The Hall–Kier alpha value is -0.570. The van der Waals surface area contributed by atoms with Crippen molar-refractivity contribution < 1.29 is 4.79 Å². The van der Waals surface area contributed by atoms with Crippen LogP contribution in [0.3, 0.4) is 0 Å². The Balaban J connectivity index is 1.80. The van der Waals surface area contributed by atoms with E-state index in [1.54, 1.807) is 0 Å². The van der Waals surface area contributed by atoms with Crippen molar-refractivity contribution in [2.45, 2.75) is 70.9 Å². The monoisotopic (exact) mass is 252 g/mol. The lowest BCUT2D eigenvalue weighted by molar-refractivity contribution is -0.123. The average Bonchev–Trinajstić information content (AvgIpc) is 2.34. The summed E-state index contributed by atoms with van der Waals surface area (Å²) in [7, 11) is 0. The Morgan fingerprint density at radius 1 is 1.00 bits per heavy atom. The molecule has 0 unspecified atom stereocenters. The predicted molar refractivity (Wildman–Crippen MR) is 74.0 cm³/mol. The molecule has 0 aromatic rings. The second kappa shape index (κ2) is 6.05. The number of nitrogens with two attached hydrogens (primary N) is 1. The fourth-order valence-corrected chi connectivity index (χ4v) is 3.63. The maximum absolute atomic E-state index is 11.3. The van der Waals surface area contributed by atoms with E-state index in [1.165, 1.54) is 25.7 Å². The first-order valence-corrected chi connectivity index (χ1v) is 7.61. The molecule has 1 amide bonds. The molecule has 2 aliphatic rings. The summed E-state index contributed by atoms with van der Waals surface area (Å²) < 4.78 is 0. The molecule has 0 bridgehead atoms. The minimum atomic E-state index is -0.105. The van der Waals surface area contributed by atoms with E-state index in [-0.39, 0.29) is 11.8 Å². The third-order valence-corrected chi connectivity index (χ3v) is 5.15. The Morgan fingerprint density at radius 3 is 2.39 bits per heavy atom. The molecule has 5 atom stereocenters. The van der Waals surface area contributed by atoms with Crippen LogP contribution in [0.4, 0.5) is 0 Å². The van der Waals surface area contributed by atoms with Gasteiger partial charge in [0.2, 0.25) is 5.91 Å². The van der Waals surface area contributed by atoms with E-state index in [0.29, 0.717) is 12.1 Å². The number of rotatable bonds is 3. The molecule has 0 heterocycles. The van der Waals surface area contributed by atoms with Gasteiger partial charge in [0.05, 0.1) is 0 Å². The van der Waals surface area contributed by atoms with Gasteiger partial charge in [0.1, 0.15) is 0 Å². The highest BCUT2D eigenvalue weighted by Crippen LogP contribution is 2.31. The molecule has 0 aromatic carbocycles. The number of hydrogen-bond donors (Lipinski definition) is 2. The van der Waals surface area contributed by atoms with Crippen molar-refractivity contribution in [2.24, 2.45) is 23.5 Å². The Kier molecular flexibility index (Phi) is 4.66. The average molecular weight is 252 g/mol. The van der Waals surface area contributed by atoms with Gasteiger partial charge in [-0.25, -0.2) is 0 Å². The van der Waals surface area contributed by atoms with Gasteiger partial charge in [0, 0.05) is 18.0 Å². The van der Waals surface area contributed by atoms with Crippen molar-refractivity contribution >= 4 is 5.91 Å². The second-order valence-electron chi connectivity index (χ2n) is 6.59. The van der Waals surface area contributed by atoms with E-state index < -0.39 is 0 Å². The lowest BCUT2D eigenvalue weighted by Gasteiger charge is -2.37. The molecule has 3 N–H and O–H groups in total. The molecular weight excluding hydrogens is 224 g/mol. The van der Waals surface area contributed by atoms with Crippen molar-refractivity contribution in [3.63, 3.8) is 0 Å². The second-order valence-corrected chi connectivity index (χ2v) is 6.59. The summed E-state index contributed by atoms with van der Waals surface area (Å²) in [4.78, 5) is 11.3. The van der Waals surface area contributed by atoms with E-state index >= 15 is 0 Å². The number of amides is 1. The first kappa shape index (κ1) is 13.9. The lowest BCUT2D eigenvalue weighted by Crippen LogP contribution is -2.45. The molecular formula is C15H28N2O. The summed E-state index contributed by atoms with van der Waals surface area (Å²) in [6, 6.07) is 1.18. The van der Waals surface area contributed by atoms with Crippen LogP contribution in [-0.4, -0.2) is 18.0 Å². The minimum Gasteiger partial charge on any atom is -0.369 e. The smallest absolute Gasteiger partial charge is 0.220 e. The largest absolute Gasteiger partial charge is 0.369 e. The van der Waals surface area contributed by atoms with Gasteiger partial charge in [0.25, 0.3) is 0 Å². The van der Waals surface area contributed by atoms with Crippen molar-refractivity contribution in [3.8, 4) is 0 Å². The molecule has 2 saturated carbocycles. The SMILES string of the molecule is C[C@@H]1CC[C@H](N[C@@H]2CCC[C@@H](C(N)=O)C2)C[C@H]1C. The van der Waals surface area contributed by atoms with Crippen LogP contribution in [0, 0.1) is 17.8 Å². The summed E-state index contributed by atoms with van der Waals surface area (Å²) in [5, 5.41) is 3.79. The Bertz CT molecular complexity index is 292. The predicted octanol–water partition coefficient (Wildman–Crippen LogP) is 2.44. The molecule has 0 saturated heterocycles. The molecule has 2 fully saturated rings. The maximum atomic E-state index is 11.3. The third kappa shape index (κ3) is 3.47. The van der Waals surface area contributed by atoms with Crippen LogP contribution < -0.4 is 11.1 Å². The Morgan fingerprint density at radius 2 is 1.72 bits per heavy atom. The maximum Gasteiger partial charge on any atom is 0.220 e. The number of nitrogens with one attached hydrogen (secondary N) is 1.